The number of hydrogen-bond donors (Lipinski definition) is 1. The van der Waals surface area contributed by atoms with Gasteiger partial charge < -0.3 is 14.7 Å². The number of piperidine rings is 1. The lowest BCUT2D eigenvalue weighted by atomic mass is 9.66. The van der Waals surface area contributed by atoms with Gasteiger partial charge in [-0.3, -0.25) is 9.69 Å². The highest BCUT2D eigenvalue weighted by atomic mass is 19.4. The van der Waals surface area contributed by atoms with Gasteiger partial charge in [0.1, 0.15) is 6.10 Å². The molecule has 8 heteroatoms. The average molecular weight is 426 g/mol. The van der Waals surface area contributed by atoms with Crippen molar-refractivity contribution in [3.05, 3.63) is 35.9 Å². The normalized spacial score (nSPS) is 33.2. The number of morpholine rings is 1. The van der Waals surface area contributed by atoms with E-state index < -0.39 is 24.4 Å². The Morgan fingerprint density at radius 2 is 1.90 bits per heavy atom. The van der Waals surface area contributed by atoms with E-state index in [9.17, 15) is 23.1 Å². The summed E-state index contributed by atoms with van der Waals surface area (Å²) in [6, 6.07) is 9.48. The third-order valence-corrected chi connectivity index (χ3v) is 6.86. The van der Waals surface area contributed by atoms with E-state index in [1.165, 1.54) is 4.90 Å². The minimum Gasteiger partial charge on any atom is -0.385 e. The number of benzene rings is 1. The van der Waals surface area contributed by atoms with Gasteiger partial charge in [-0.1, -0.05) is 43.2 Å². The van der Waals surface area contributed by atoms with Gasteiger partial charge in [0.25, 0.3) is 5.91 Å². The molecule has 4 atom stereocenters. The van der Waals surface area contributed by atoms with Gasteiger partial charge in [0, 0.05) is 31.6 Å². The lowest BCUT2D eigenvalue weighted by Crippen LogP contribution is -2.62. The summed E-state index contributed by atoms with van der Waals surface area (Å²) in [5, 5.41) is 11.6. The number of rotatable bonds is 3. The van der Waals surface area contributed by atoms with Crippen LogP contribution in [0.2, 0.25) is 0 Å². The smallest absolute Gasteiger partial charge is 0.385 e. The Bertz CT molecular complexity index is 745. The zero-order valence-corrected chi connectivity index (χ0v) is 17.0. The topological polar surface area (TPSA) is 53.0 Å². The first-order valence-corrected chi connectivity index (χ1v) is 10.8. The molecule has 1 aromatic carbocycles. The van der Waals surface area contributed by atoms with E-state index in [0.29, 0.717) is 13.0 Å². The van der Waals surface area contributed by atoms with Crippen LogP contribution in [0.1, 0.15) is 37.7 Å². The fourth-order valence-corrected chi connectivity index (χ4v) is 5.48. The predicted molar refractivity (Wildman–Crippen MR) is 105 cm³/mol. The maximum absolute atomic E-state index is 13.3. The molecule has 1 aliphatic carbocycles. The van der Waals surface area contributed by atoms with Crippen molar-refractivity contribution in [3.8, 4) is 0 Å². The maximum atomic E-state index is 13.3. The van der Waals surface area contributed by atoms with E-state index in [2.05, 4.69) is 0 Å². The number of likely N-dealkylation sites (tertiary alicyclic amines) is 1. The molecule has 1 unspecified atom stereocenters. The minimum atomic E-state index is -4.29. The van der Waals surface area contributed by atoms with Gasteiger partial charge in [-0.05, 0) is 24.8 Å². The van der Waals surface area contributed by atoms with Crippen molar-refractivity contribution >= 4 is 5.91 Å². The van der Waals surface area contributed by atoms with Gasteiger partial charge >= 0.3 is 6.18 Å². The quantitative estimate of drug-likeness (QED) is 0.808. The van der Waals surface area contributed by atoms with E-state index in [1.54, 1.807) is 4.90 Å². The first-order chi connectivity index (χ1) is 14.3. The van der Waals surface area contributed by atoms with Gasteiger partial charge in [0.15, 0.2) is 0 Å². The number of carbonyl (C=O) groups is 1. The summed E-state index contributed by atoms with van der Waals surface area (Å²) in [5.74, 6) is -0.324. The van der Waals surface area contributed by atoms with Crippen LogP contribution >= 0.6 is 0 Å². The lowest BCUT2D eigenvalue weighted by Gasteiger charge is -2.53. The summed E-state index contributed by atoms with van der Waals surface area (Å²) < 4.78 is 43.9. The van der Waals surface area contributed by atoms with Gasteiger partial charge in [-0.25, -0.2) is 0 Å². The summed E-state index contributed by atoms with van der Waals surface area (Å²) in [4.78, 5) is 16.3. The molecule has 166 valence electrons. The van der Waals surface area contributed by atoms with Crippen molar-refractivity contribution in [3.63, 3.8) is 0 Å². The Kier molecular flexibility index (Phi) is 6.10. The van der Waals surface area contributed by atoms with Crippen molar-refractivity contribution in [1.29, 1.82) is 0 Å². The van der Waals surface area contributed by atoms with Crippen molar-refractivity contribution in [2.24, 2.45) is 5.92 Å². The first kappa shape index (κ1) is 21.6. The van der Waals surface area contributed by atoms with Crippen molar-refractivity contribution in [1.82, 2.24) is 9.80 Å². The second kappa shape index (κ2) is 8.48. The Morgan fingerprint density at radius 1 is 1.17 bits per heavy atom. The van der Waals surface area contributed by atoms with Crippen LogP contribution in [0.4, 0.5) is 13.2 Å². The Hall–Kier alpha value is -1.64. The number of aliphatic hydroxyl groups is 1. The lowest BCUT2D eigenvalue weighted by molar-refractivity contribution is -0.179. The zero-order chi connectivity index (χ0) is 21.4. The van der Waals surface area contributed by atoms with Crippen molar-refractivity contribution in [2.75, 3.05) is 32.8 Å². The molecule has 0 bridgehead atoms. The Morgan fingerprint density at radius 3 is 2.63 bits per heavy atom. The molecular formula is C22H29F3N2O3. The van der Waals surface area contributed by atoms with Crippen LogP contribution in [0, 0.1) is 5.92 Å². The molecule has 0 radical (unpaired) electrons. The third kappa shape index (κ3) is 4.36. The zero-order valence-electron chi connectivity index (χ0n) is 17.0. The number of nitrogens with zero attached hydrogens (tertiary/aromatic N) is 2. The number of carbonyl (C=O) groups excluding carboxylic acids is 1. The van der Waals surface area contributed by atoms with E-state index >= 15 is 0 Å². The fourth-order valence-electron chi connectivity index (χ4n) is 5.48. The SMILES string of the molecule is O=C(C1CN(CC(F)(F)F)CCO1)N1CC[C@](O)(c2ccccc2)[C@H]2CCCC[C@H]21. The summed E-state index contributed by atoms with van der Waals surface area (Å²) in [6.45, 7) is -0.412. The third-order valence-electron chi connectivity index (χ3n) is 6.86. The molecule has 5 nitrogen and oxygen atoms in total. The molecule has 2 heterocycles. The number of halogens is 3. The number of amides is 1. The van der Waals surface area contributed by atoms with Gasteiger partial charge in [-0.15, -0.1) is 0 Å². The van der Waals surface area contributed by atoms with Crippen LogP contribution in [0.5, 0.6) is 0 Å². The molecule has 3 fully saturated rings. The molecule has 1 aromatic rings. The molecule has 0 aromatic heterocycles. The number of ether oxygens (including phenoxy) is 1. The first-order valence-electron chi connectivity index (χ1n) is 10.8. The molecular weight excluding hydrogens is 397 g/mol. The van der Waals surface area contributed by atoms with Crippen LogP contribution < -0.4 is 0 Å². The monoisotopic (exact) mass is 426 g/mol. The molecule has 0 spiro atoms. The van der Waals surface area contributed by atoms with Crippen LogP contribution in [0.15, 0.2) is 30.3 Å². The molecule has 4 rings (SSSR count). The highest BCUT2D eigenvalue weighted by Gasteiger charge is 2.51. The summed E-state index contributed by atoms with van der Waals surface area (Å²) in [6.07, 6.45) is -1.17. The van der Waals surface area contributed by atoms with Crippen LogP contribution in [-0.4, -0.2) is 71.9 Å². The Labute approximate surface area is 174 Å². The predicted octanol–water partition coefficient (Wildman–Crippen LogP) is 2.93. The maximum Gasteiger partial charge on any atom is 0.401 e. The van der Waals surface area contributed by atoms with Gasteiger partial charge in [-0.2, -0.15) is 13.2 Å². The molecule has 2 saturated heterocycles. The van der Waals surface area contributed by atoms with E-state index in [0.717, 1.165) is 31.2 Å². The van der Waals surface area contributed by atoms with Crippen LogP contribution in [0.25, 0.3) is 0 Å². The highest BCUT2D eigenvalue weighted by molar-refractivity contribution is 5.82. The van der Waals surface area contributed by atoms with Crippen molar-refractivity contribution < 1.29 is 27.8 Å². The highest BCUT2D eigenvalue weighted by Crippen LogP contribution is 2.47. The average Bonchev–Trinajstić information content (AvgIpc) is 2.73. The molecule has 30 heavy (non-hydrogen) atoms. The van der Waals surface area contributed by atoms with Gasteiger partial charge in [0.2, 0.25) is 0 Å². The molecule has 3 aliphatic rings. The number of fused-ring (bicyclic) bond motifs is 1. The van der Waals surface area contributed by atoms with Crippen molar-refractivity contribution in [2.45, 2.75) is 56.0 Å². The molecule has 1 N–H and O–H groups in total. The largest absolute Gasteiger partial charge is 0.401 e. The molecule has 1 saturated carbocycles. The molecule has 2 aliphatic heterocycles. The summed E-state index contributed by atoms with van der Waals surface area (Å²) in [7, 11) is 0. The van der Waals surface area contributed by atoms with Gasteiger partial charge in [0.05, 0.1) is 18.8 Å². The number of alkyl halides is 3. The summed E-state index contributed by atoms with van der Waals surface area (Å²) >= 11 is 0. The second-order valence-electron chi connectivity index (χ2n) is 8.74. The molecule has 1 amide bonds. The van der Waals surface area contributed by atoms with E-state index in [4.69, 9.17) is 4.74 Å². The summed E-state index contributed by atoms with van der Waals surface area (Å²) in [5.41, 5.74) is -0.113. The minimum absolute atomic E-state index is 0.0464. The van der Waals surface area contributed by atoms with Crippen LogP contribution in [0.3, 0.4) is 0 Å². The second-order valence-corrected chi connectivity index (χ2v) is 8.74. The van der Waals surface area contributed by atoms with Crippen LogP contribution in [-0.2, 0) is 15.1 Å². The Balaban J connectivity index is 1.50. The van der Waals surface area contributed by atoms with E-state index in [-0.39, 0.29) is 37.6 Å². The standard InChI is InChI=1S/C22H29F3N2O3/c23-22(24,25)15-26-12-13-30-19(14-26)20(28)27-11-10-21(29,16-6-2-1-3-7-16)17-8-4-5-9-18(17)27/h1-3,6-7,17-19,29H,4-5,8-15H2/t17-,18+,19?,21-/m0/s1. The fraction of sp³-hybridized carbons (Fsp3) is 0.682. The number of hydrogen-bond acceptors (Lipinski definition) is 4. The van der Waals surface area contributed by atoms with E-state index in [1.807, 2.05) is 30.3 Å².